The van der Waals surface area contributed by atoms with Crippen molar-refractivity contribution in [1.29, 1.82) is 0 Å². The third-order valence-corrected chi connectivity index (χ3v) is 1.93. The molecule has 0 amide bonds. The van der Waals surface area contributed by atoms with Crippen molar-refractivity contribution in [3.63, 3.8) is 0 Å². The Morgan fingerprint density at radius 2 is 2.25 bits per heavy atom. The predicted octanol–water partition coefficient (Wildman–Crippen LogP) is 0.859. The topological polar surface area (TPSA) is 56.7 Å². The highest BCUT2D eigenvalue weighted by Crippen LogP contribution is 2.16. The van der Waals surface area contributed by atoms with Crippen LogP contribution in [0.5, 0.6) is 0 Å². The molecule has 2 aromatic heterocycles. The molecule has 0 aromatic carbocycles. The van der Waals surface area contributed by atoms with E-state index in [1.165, 1.54) is 0 Å². The molecule has 2 aromatic rings. The van der Waals surface area contributed by atoms with Crippen molar-refractivity contribution in [2.75, 3.05) is 5.73 Å². The average Bonchev–Trinajstić information content (AvgIpc) is 2.28. The van der Waals surface area contributed by atoms with Crippen LogP contribution < -0.4 is 5.73 Å². The van der Waals surface area contributed by atoms with Crippen molar-refractivity contribution in [2.45, 2.75) is 6.92 Å². The number of hydrogen-bond acceptors (Lipinski definition) is 3. The Labute approximate surface area is 70.0 Å². The maximum atomic E-state index is 5.47. The summed E-state index contributed by atoms with van der Waals surface area (Å²) in [7, 11) is 1.97. The molecule has 2 rings (SSSR count). The number of nitrogen functional groups attached to an aromatic ring is 1. The summed E-state index contributed by atoms with van der Waals surface area (Å²) in [6.07, 6.45) is 3.75. The standard InChI is InChI=1S/C8H10N4/c1-5-4-12(2)6-3-10-8(9)11-7(5)6/h3-4H,1-2H3,(H2,9,10,11). The number of aryl methyl sites for hydroxylation is 2. The van der Waals surface area contributed by atoms with E-state index in [1.54, 1.807) is 6.20 Å². The first-order valence-corrected chi connectivity index (χ1v) is 3.72. The van der Waals surface area contributed by atoms with Crippen LogP contribution in [0.15, 0.2) is 12.4 Å². The second kappa shape index (κ2) is 2.20. The summed E-state index contributed by atoms with van der Waals surface area (Å²) in [6.45, 7) is 2.01. The molecular formula is C8H10N4. The van der Waals surface area contributed by atoms with Crippen LogP contribution in [0.25, 0.3) is 11.0 Å². The van der Waals surface area contributed by atoms with Crippen molar-refractivity contribution in [3.05, 3.63) is 18.0 Å². The number of anilines is 1. The van der Waals surface area contributed by atoms with Crippen LogP contribution in [-0.4, -0.2) is 14.5 Å². The fourth-order valence-electron chi connectivity index (χ4n) is 1.36. The maximum Gasteiger partial charge on any atom is 0.220 e. The van der Waals surface area contributed by atoms with E-state index in [2.05, 4.69) is 9.97 Å². The van der Waals surface area contributed by atoms with Crippen LogP contribution in [0.1, 0.15) is 5.56 Å². The van der Waals surface area contributed by atoms with Gasteiger partial charge in [0.2, 0.25) is 5.95 Å². The molecule has 0 unspecified atom stereocenters. The predicted molar refractivity (Wildman–Crippen MR) is 47.7 cm³/mol. The highest BCUT2D eigenvalue weighted by atomic mass is 15.0. The van der Waals surface area contributed by atoms with E-state index >= 15 is 0 Å². The zero-order valence-corrected chi connectivity index (χ0v) is 7.07. The highest BCUT2D eigenvalue weighted by molar-refractivity contribution is 5.79. The maximum absolute atomic E-state index is 5.47. The van der Waals surface area contributed by atoms with E-state index in [1.807, 2.05) is 24.7 Å². The molecule has 0 saturated heterocycles. The van der Waals surface area contributed by atoms with E-state index < -0.39 is 0 Å². The molecule has 4 nitrogen and oxygen atoms in total. The summed E-state index contributed by atoms with van der Waals surface area (Å²) in [5.74, 6) is 0.330. The SMILES string of the molecule is Cc1cn(C)c2cnc(N)nc12. The van der Waals surface area contributed by atoms with Crippen LogP contribution in [0, 0.1) is 6.92 Å². The van der Waals surface area contributed by atoms with Gasteiger partial charge in [-0.05, 0) is 12.5 Å². The van der Waals surface area contributed by atoms with Gasteiger partial charge in [-0.15, -0.1) is 0 Å². The molecule has 2 N–H and O–H groups in total. The van der Waals surface area contributed by atoms with Crippen LogP contribution in [-0.2, 0) is 7.05 Å². The number of fused-ring (bicyclic) bond motifs is 1. The summed E-state index contributed by atoms with van der Waals surface area (Å²) >= 11 is 0. The third-order valence-electron chi connectivity index (χ3n) is 1.93. The first-order chi connectivity index (χ1) is 5.68. The molecule has 0 radical (unpaired) electrons. The van der Waals surface area contributed by atoms with Gasteiger partial charge in [0.15, 0.2) is 0 Å². The lowest BCUT2D eigenvalue weighted by Crippen LogP contribution is -1.94. The lowest BCUT2D eigenvalue weighted by molar-refractivity contribution is 0.959. The van der Waals surface area contributed by atoms with Crippen LogP contribution in [0.3, 0.4) is 0 Å². The summed E-state index contributed by atoms with van der Waals surface area (Å²) in [6, 6.07) is 0. The Balaban J connectivity index is 2.90. The zero-order chi connectivity index (χ0) is 8.72. The third kappa shape index (κ3) is 0.845. The first kappa shape index (κ1) is 7.09. The Morgan fingerprint density at radius 1 is 1.50 bits per heavy atom. The highest BCUT2D eigenvalue weighted by Gasteiger charge is 2.04. The van der Waals surface area contributed by atoms with Crippen molar-refractivity contribution < 1.29 is 0 Å². The number of rotatable bonds is 0. The fraction of sp³-hybridized carbons (Fsp3) is 0.250. The molecule has 0 saturated carbocycles. The van der Waals surface area contributed by atoms with E-state index in [9.17, 15) is 0 Å². The lowest BCUT2D eigenvalue weighted by Gasteiger charge is -1.94. The van der Waals surface area contributed by atoms with Crippen LogP contribution in [0.4, 0.5) is 5.95 Å². The van der Waals surface area contributed by atoms with Gasteiger partial charge in [-0.25, -0.2) is 9.97 Å². The van der Waals surface area contributed by atoms with Crippen molar-refractivity contribution >= 4 is 17.0 Å². The molecule has 0 fully saturated rings. The van der Waals surface area contributed by atoms with Gasteiger partial charge in [0.05, 0.1) is 17.2 Å². The van der Waals surface area contributed by atoms with Gasteiger partial charge >= 0.3 is 0 Å². The number of nitrogens with zero attached hydrogens (tertiary/aromatic N) is 3. The van der Waals surface area contributed by atoms with Gasteiger partial charge in [-0.2, -0.15) is 0 Å². The molecule has 0 atom stereocenters. The summed E-state index contributed by atoms with van der Waals surface area (Å²) in [4.78, 5) is 8.07. The van der Waals surface area contributed by atoms with Crippen LogP contribution in [0.2, 0.25) is 0 Å². The van der Waals surface area contributed by atoms with E-state index in [4.69, 9.17) is 5.73 Å². The minimum absolute atomic E-state index is 0.330. The van der Waals surface area contributed by atoms with E-state index in [-0.39, 0.29) is 0 Å². The van der Waals surface area contributed by atoms with Gasteiger partial charge < -0.3 is 10.3 Å². The monoisotopic (exact) mass is 162 g/mol. The minimum atomic E-state index is 0.330. The van der Waals surface area contributed by atoms with E-state index in [0.717, 1.165) is 16.6 Å². The van der Waals surface area contributed by atoms with Crippen molar-refractivity contribution in [3.8, 4) is 0 Å². The second-order valence-electron chi connectivity index (χ2n) is 2.89. The number of aromatic nitrogens is 3. The smallest absolute Gasteiger partial charge is 0.220 e. The van der Waals surface area contributed by atoms with Crippen molar-refractivity contribution in [2.24, 2.45) is 7.05 Å². The molecule has 0 spiro atoms. The molecule has 4 heteroatoms. The van der Waals surface area contributed by atoms with Crippen molar-refractivity contribution in [1.82, 2.24) is 14.5 Å². The average molecular weight is 162 g/mol. The Bertz CT molecular complexity index is 430. The summed E-state index contributed by atoms with van der Waals surface area (Å²) in [5.41, 5.74) is 8.55. The molecule has 62 valence electrons. The molecule has 0 aliphatic carbocycles. The van der Waals surface area contributed by atoms with E-state index in [0.29, 0.717) is 5.95 Å². The molecule has 0 bridgehead atoms. The minimum Gasteiger partial charge on any atom is -0.368 e. The quantitative estimate of drug-likeness (QED) is 0.625. The van der Waals surface area contributed by atoms with Crippen LogP contribution >= 0.6 is 0 Å². The normalized spacial score (nSPS) is 10.8. The zero-order valence-electron chi connectivity index (χ0n) is 7.07. The lowest BCUT2D eigenvalue weighted by atomic mass is 10.3. The summed E-state index contributed by atoms with van der Waals surface area (Å²) < 4.78 is 1.99. The second-order valence-corrected chi connectivity index (χ2v) is 2.89. The first-order valence-electron chi connectivity index (χ1n) is 3.72. The van der Waals surface area contributed by atoms with Gasteiger partial charge in [-0.1, -0.05) is 0 Å². The molecule has 12 heavy (non-hydrogen) atoms. The largest absolute Gasteiger partial charge is 0.368 e. The fourth-order valence-corrected chi connectivity index (χ4v) is 1.36. The Morgan fingerprint density at radius 3 is 3.00 bits per heavy atom. The molecule has 0 aliphatic heterocycles. The summed E-state index contributed by atoms with van der Waals surface area (Å²) in [5, 5.41) is 0. The number of hydrogen-bond donors (Lipinski definition) is 1. The molecular weight excluding hydrogens is 152 g/mol. The van der Waals surface area contributed by atoms with Gasteiger partial charge in [0, 0.05) is 13.2 Å². The van der Waals surface area contributed by atoms with Gasteiger partial charge in [-0.3, -0.25) is 0 Å². The van der Waals surface area contributed by atoms with Gasteiger partial charge in [0.1, 0.15) is 0 Å². The van der Waals surface area contributed by atoms with Gasteiger partial charge in [0.25, 0.3) is 0 Å². The Kier molecular flexibility index (Phi) is 1.30. The molecule has 2 heterocycles. The number of nitrogens with two attached hydrogens (primary N) is 1. The molecule has 0 aliphatic rings. The Hall–Kier alpha value is -1.58.